The van der Waals surface area contributed by atoms with Crippen LogP contribution in [0, 0.1) is 5.92 Å². The average Bonchev–Trinajstić information content (AvgIpc) is 3.84. The van der Waals surface area contributed by atoms with Crippen molar-refractivity contribution in [2.24, 2.45) is 11.1 Å². The number of β-lactam (4-membered cyclic amide) rings is 1. The Morgan fingerprint density at radius 3 is 2.43 bits per heavy atom. The van der Waals surface area contributed by atoms with E-state index in [-0.39, 0.29) is 72.4 Å². The first-order valence-corrected chi connectivity index (χ1v) is 19.0. The molecule has 1 saturated carbocycles. The number of phenols is 2. The highest BCUT2D eigenvalue weighted by atomic mass is 35.5. The molecule has 3 atom stereocenters. The number of nitrogens with zero attached hydrogens (tertiary/aromatic N) is 5. The van der Waals surface area contributed by atoms with Crippen molar-refractivity contribution < 1.29 is 63.6 Å². The Morgan fingerprint density at radius 2 is 1.80 bits per heavy atom. The zero-order chi connectivity index (χ0) is 40.7. The Labute approximate surface area is 328 Å². The Balaban J connectivity index is 1.05. The number of aliphatic carboxylic acids is 2. The smallest absolute Gasteiger partial charge is 0.350 e. The van der Waals surface area contributed by atoms with Crippen molar-refractivity contribution in [3.63, 3.8) is 0 Å². The monoisotopic (exact) mass is 836 g/mol. The number of ketones is 2. The standard InChI is InChI=1S/C32H33ClN8O13S2/c33-20-14(4-5-17(42)22(20)45)23(46)35-8-1-3-18(43)24(47)37-41-10-9-40(30(41)53)32(28(51)52)13-39-25(48)15(26(39)56-32)11-19(44)21(16-12-55-29(34)36-16)38-54-31(27(49)50)6-2-7-31/h4-5,12,15,26,42,45H,1-3,6-11,13H2,(H2,34,36)(H,35,46)(H,37,47)(H,49,50)(H,51,52)/b38-21-/t15-,26-,32-/m1/s1. The summed E-state index contributed by atoms with van der Waals surface area (Å²) in [7, 11) is 0. The molecule has 3 saturated heterocycles. The number of fused-ring (bicyclic) bond motifs is 1. The van der Waals surface area contributed by atoms with Crippen LogP contribution in [0.5, 0.6) is 11.5 Å². The lowest BCUT2D eigenvalue weighted by Crippen LogP contribution is -2.60. The summed E-state index contributed by atoms with van der Waals surface area (Å²) in [4.78, 5) is 112. The lowest BCUT2D eigenvalue weighted by atomic mass is 9.80. The number of aromatic nitrogens is 1. The van der Waals surface area contributed by atoms with Gasteiger partial charge in [-0.1, -0.05) is 28.5 Å². The molecule has 6 rings (SSSR count). The van der Waals surface area contributed by atoms with Gasteiger partial charge in [-0.25, -0.2) is 24.4 Å². The van der Waals surface area contributed by atoms with Crippen LogP contribution >= 0.6 is 34.7 Å². The molecular formula is C32H33ClN8O13S2. The minimum atomic E-state index is -2.02. The van der Waals surface area contributed by atoms with Crippen molar-refractivity contribution in [1.82, 2.24) is 30.5 Å². The number of thioether (sulfide) groups is 1. The largest absolute Gasteiger partial charge is 0.504 e. The SMILES string of the molecule is Nc1nc(/C(=N/OC2(C(=O)O)CCC2)C(=O)C[C@@H]2C(=O)N3C[C@@](C(=O)O)(N4CCN(NC(=O)C(=O)CCCNC(=O)c5ccc(O)c(O)c5Cl)C4=O)S[C@H]23)cs1. The van der Waals surface area contributed by atoms with E-state index >= 15 is 0 Å². The highest BCUT2D eigenvalue weighted by Gasteiger charge is 2.66. The zero-order valence-electron chi connectivity index (χ0n) is 28.9. The van der Waals surface area contributed by atoms with Crippen molar-refractivity contribution in [3.8, 4) is 11.5 Å². The number of amides is 5. The predicted molar refractivity (Wildman–Crippen MR) is 193 cm³/mol. The van der Waals surface area contributed by atoms with E-state index in [1.165, 1.54) is 16.3 Å². The molecule has 4 aliphatic rings. The summed E-state index contributed by atoms with van der Waals surface area (Å²) in [6, 6.07) is 1.29. The van der Waals surface area contributed by atoms with Crippen LogP contribution in [0.15, 0.2) is 22.7 Å². The normalized spacial score (nSPS) is 22.5. The van der Waals surface area contributed by atoms with E-state index in [1.54, 1.807) is 0 Å². The molecule has 0 bridgehead atoms. The summed E-state index contributed by atoms with van der Waals surface area (Å²) in [5.74, 6) is -9.11. The molecule has 0 spiro atoms. The van der Waals surface area contributed by atoms with Crippen LogP contribution < -0.4 is 16.5 Å². The second kappa shape index (κ2) is 15.5. The average molecular weight is 837 g/mol. The highest BCUT2D eigenvalue weighted by molar-refractivity contribution is 8.02. The summed E-state index contributed by atoms with van der Waals surface area (Å²) < 4.78 is 0. The van der Waals surface area contributed by atoms with Gasteiger partial charge in [0.1, 0.15) is 5.69 Å². The number of carbonyl (C=O) groups is 8. The fourth-order valence-corrected chi connectivity index (χ4v) is 8.89. The number of oxime groups is 1. The van der Waals surface area contributed by atoms with E-state index in [1.807, 2.05) is 0 Å². The molecule has 4 fully saturated rings. The first-order chi connectivity index (χ1) is 26.5. The first-order valence-electron chi connectivity index (χ1n) is 16.9. The van der Waals surface area contributed by atoms with Gasteiger partial charge in [0.25, 0.3) is 5.91 Å². The van der Waals surface area contributed by atoms with E-state index in [0.29, 0.717) is 6.42 Å². The number of nitrogens with one attached hydrogen (secondary N) is 2. The number of nitrogens with two attached hydrogens (primary N) is 1. The van der Waals surface area contributed by atoms with Gasteiger partial charge in [0.15, 0.2) is 28.1 Å². The quantitative estimate of drug-likeness (QED) is 0.0299. The molecule has 1 aliphatic carbocycles. The molecule has 5 amide bonds. The van der Waals surface area contributed by atoms with Crippen LogP contribution in [0.2, 0.25) is 5.02 Å². The molecule has 2 aromatic rings. The number of aromatic hydroxyl groups is 2. The molecular weight excluding hydrogens is 804 g/mol. The lowest BCUT2D eigenvalue weighted by molar-refractivity contribution is -0.178. The van der Waals surface area contributed by atoms with E-state index in [2.05, 4.69) is 20.9 Å². The fourth-order valence-electron chi connectivity index (χ4n) is 6.41. The van der Waals surface area contributed by atoms with Gasteiger partial charge >= 0.3 is 23.9 Å². The van der Waals surface area contributed by atoms with Crippen molar-refractivity contribution in [1.29, 1.82) is 0 Å². The number of carboxylic acids is 2. The number of Topliss-reactive ketones (excluding diaryl/α,β-unsaturated/α-hetero) is 2. The minimum Gasteiger partial charge on any atom is -0.504 e. The van der Waals surface area contributed by atoms with Crippen molar-refractivity contribution in [2.75, 3.05) is 31.9 Å². The molecule has 298 valence electrons. The number of benzene rings is 1. The predicted octanol–water partition coefficient (Wildman–Crippen LogP) is 0.337. The maximum atomic E-state index is 13.6. The number of urea groups is 1. The third-order valence-electron chi connectivity index (χ3n) is 9.72. The third-order valence-corrected chi connectivity index (χ3v) is 12.5. The van der Waals surface area contributed by atoms with Crippen LogP contribution in [0.25, 0.3) is 0 Å². The Hall–Kier alpha value is -5.68. The van der Waals surface area contributed by atoms with Gasteiger partial charge in [-0.05, 0) is 25.0 Å². The maximum absolute atomic E-state index is 13.6. The number of anilines is 1. The molecule has 3 aliphatic heterocycles. The van der Waals surface area contributed by atoms with Crippen molar-refractivity contribution in [2.45, 2.75) is 54.4 Å². The number of rotatable bonds is 16. The van der Waals surface area contributed by atoms with Gasteiger partial charge in [-0.15, -0.1) is 11.3 Å². The topological polar surface area (TPSA) is 312 Å². The molecule has 8 N–H and O–H groups in total. The lowest BCUT2D eigenvalue weighted by Gasteiger charge is -2.41. The van der Waals surface area contributed by atoms with Crippen LogP contribution in [0.4, 0.5) is 9.93 Å². The van der Waals surface area contributed by atoms with Gasteiger partial charge in [-0.3, -0.25) is 34.3 Å². The van der Waals surface area contributed by atoms with Gasteiger partial charge < -0.3 is 41.2 Å². The number of hydrazine groups is 1. The molecule has 1 aromatic carbocycles. The highest BCUT2D eigenvalue weighted by Crippen LogP contribution is 2.53. The fraction of sp³-hybridized carbons (Fsp3) is 0.438. The second-order valence-electron chi connectivity index (χ2n) is 13.2. The number of halogens is 1. The molecule has 21 nitrogen and oxygen atoms in total. The number of carbonyl (C=O) groups excluding carboxylic acids is 6. The van der Waals surface area contributed by atoms with Crippen LogP contribution in [-0.4, -0.2) is 135 Å². The Kier molecular flexibility index (Phi) is 11.0. The number of hydrogen-bond acceptors (Lipinski definition) is 16. The van der Waals surface area contributed by atoms with E-state index in [4.69, 9.17) is 22.2 Å². The molecule has 4 heterocycles. The number of carboxylic acid groups (broad SMARTS) is 2. The van der Waals surface area contributed by atoms with E-state index < -0.39 is 93.5 Å². The summed E-state index contributed by atoms with van der Waals surface area (Å²) in [5.41, 5.74) is 5.82. The van der Waals surface area contributed by atoms with Crippen molar-refractivity contribution >= 4 is 92.8 Å². The van der Waals surface area contributed by atoms with Crippen LogP contribution in [0.3, 0.4) is 0 Å². The molecule has 0 radical (unpaired) electrons. The summed E-state index contributed by atoms with van der Waals surface area (Å²) in [6.45, 7) is -0.946. The number of hydrogen-bond donors (Lipinski definition) is 7. The second-order valence-corrected chi connectivity index (χ2v) is 15.8. The number of phenolic OH excluding ortho intramolecular Hbond substituents is 2. The van der Waals surface area contributed by atoms with E-state index in [9.17, 15) is 58.8 Å². The zero-order valence-corrected chi connectivity index (χ0v) is 31.3. The number of thiazole rings is 1. The summed E-state index contributed by atoms with van der Waals surface area (Å²) in [5, 5.41) is 46.6. The molecule has 56 heavy (non-hydrogen) atoms. The van der Waals surface area contributed by atoms with Crippen LogP contribution in [-0.2, 0) is 33.6 Å². The summed E-state index contributed by atoms with van der Waals surface area (Å²) >= 11 is 7.63. The molecule has 24 heteroatoms. The van der Waals surface area contributed by atoms with E-state index in [0.717, 1.165) is 39.1 Å². The Morgan fingerprint density at radius 1 is 1.07 bits per heavy atom. The first kappa shape index (κ1) is 40.0. The van der Waals surface area contributed by atoms with Gasteiger partial charge in [0.05, 0.1) is 35.0 Å². The van der Waals surface area contributed by atoms with Gasteiger partial charge in [0.2, 0.25) is 22.2 Å². The summed E-state index contributed by atoms with van der Waals surface area (Å²) in [6.07, 6.45) is 0.0766. The molecule has 0 unspecified atom stereocenters. The van der Waals surface area contributed by atoms with Crippen molar-refractivity contribution in [3.05, 3.63) is 33.8 Å². The maximum Gasteiger partial charge on any atom is 0.350 e. The Bertz CT molecular complexity index is 2080. The van der Waals surface area contributed by atoms with Gasteiger partial charge in [0, 0.05) is 44.2 Å². The van der Waals surface area contributed by atoms with Crippen LogP contribution in [0.1, 0.15) is 54.6 Å². The molecule has 1 aromatic heterocycles. The minimum absolute atomic E-state index is 0.00521. The van der Waals surface area contributed by atoms with Gasteiger partial charge in [-0.2, -0.15) is 0 Å². The number of nitrogen functional groups attached to an aromatic ring is 1. The third kappa shape index (κ3) is 7.23.